The van der Waals surface area contributed by atoms with Crippen molar-refractivity contribution in [1.29, 1.82) is 0 Å². The van der Waals surface area contributed by atoms with Crippen LogP contribution in [0.3, 0.4) is 0 Å². The summed E-state index contributed by atoms with van der Waals surface area (Å²) in [4.78, 5) is 11.4. The van der Waals surface area contributed by atoms with Gasteiger partial charge in [0.15, 0.2) is 0 Å². The summed E-state index contributed by atoms with van der Waals surface area (Å²) < 4.78 is 1.27. The monoisotopic (exact) mass is 337 g/mol. The van der Waals surface area contributed by atoms with Crippen molar-refractivity contribution in [3.63, 3.8) is 0 Å². The SMILES string of the molecule is CC1(C)CN(c2ccnc3cc(Br)cnc23)CCS1. The van der Waals surface area contributed by atoms with Crippen LogP contribution in [0.2, 0.25) is 0 Å². The molecule has 3 nitrogen and oxygen atoms in total. The third-order valence-corrected chi connectivity index (χ3v) is 5.02. The van der Waals surface area contributed by atoms with E-state index in [9.17, 15) is 0 Å². The molecule has 0 atom stereocenters. The first-order chi connectivity index (χ1) is 9.05. The van der Waals surface area contributed by atoms with Crippen LogP contribution in [0, 0.1) is 0 Å². The molecule has 1 aliphatic heterocycles. The highest BCUT2D eigenvalue weighted by Gasteiger charge is 2.28. The minimum atomic E-state index is 0.295. The molecule has 1 saturated heterocycles. The van der Waals surface area contributed by atoms with Gasteiger partial charge in [0, 0.05) is 40.5 Å². The summed E-state index contributed by atoms with van der Waals surface area (Å²) in [5.41, 5.74) is 3.14. The quantitative estimate of drug-likeness (QED) is 0.792. The Labute approximate surface area is 125 Å². The van der Waals surface area contributed by atoms with Gasteiger partial charge in [-0.15, -0.1) is 0 Å². The van der Waals surface area contributed by atoms with Crippen LogP contribution in [0.5, 0.6) is 0 Å². The van der Waals surface area contributed by atoms with Crippen molar-refractivity contribution < 1.29 is 0 Å². The van der Waals surface area contributed by atoms with E-state index in [1.165, 1.54) is 5.69 Å². The highest BCUT2D eigenvalue weighted by Crippen LogP contribution is 2.34. The number of nitrogens with zero attached hydrogens (tertiary/aromatic N) is 3. The number of rotatable bonds is 1. The number of thioether (sulfide) groups is 1. The molecule has 2 aromatic rings. The van der Waals surface area contributed by atoms with Crippen LogP contribution in [0.15, 0.2) is 29.0 Å². The van der Waals surface area contributed by atoms with Crippen LogP contribution >= 0.6 is 27.7 Å². The molecule has 0 aromatic carbocycles. The molecule has 0 bridgehead atoms. The van der Waals surface area contributed by atoms with Crippen LogP contribution in [-0.4, -0.2) is 33.6 Å². The van der Waals surface area contributed by atoms with Gasteiger partial charge >= 0.3 is 0 Å². The van der Waals surface area contributed by atoms with Gasteiger partial charge in [-0.05, 0) is 41.9 Å². The molecule has 2 aromatic heterocycles. The van der Waals surface area contributed by atoms with Gasteiger partial charge in [0.25, 0.3) is 0 Å². The molecular formula is C14H16BrN3S. The van der Waals surface area contributed by atoms with Gasteiger partial charge in [-0.25, -0.2) is 0 Å². The van der Waals surface area contributed by atoms with Crippen LogP contribution < -0.4 is 4.90 Å². The second-order valence-corrected chi connectivity index (χ2v) is 8.10. The Kier molecular flexibility index (Phi) is 3.43. The van der Waals surface area contributed by atoms with Gasteiger partial charge < -0.3 is 4.90 Å². The zero-order chi connectivity index (χ0) is 13.5. The standard InChI is InChI=1S/C14H16BrN3S/c1-14(2)9-18(5-6-19-14)12-3-4-16-11-7-10(15)8-17-13(11)12/h3-4,7-8H,5-6,9H2,1-2H3. The molecule has 3 heterocycles. The molecule has 0 amide bonds. The van der Waals surface area contributed by atoms with E-state index in [2.05, 4.69) is 50.7 Å². The summed E-state index contributed by atoms with van der Waals surface area (Å²) >= 11 is 5.49. The van der Waals surface area contributed by atoms with Gasteiger partial charge in [-0.1, -0.05) is 0 Å². The number of hydrogen-bond donors (Lipinski definition) is 0. The average molecular weight is 338 g/mol. The maximum atomic E-state index is 4.55. The van der Waals surface area contributed by atoms with E-state index in [0.717, 1.165) is 34.3 Å². The summed E-state index contributed by atoms with van der Waals surface area (Å²) in [5, 5.41) is 0. The lowest BCUT2D eigenvalue weighted by atomic mass is 10.1. The molecule has 1 fully saturated rings. The summed E-state index contributed by atoms with van der Waals surface area (Å²) in [6.07, 6.45) is 3.72. The minimum Gasteiger partial charge on any atom is -0.367 e. The third-order valence-electron chi connectivity index (χ3n) is 3.29. The molecule has 0 spiro atoms. The Bertz CT molecular complexity index is 615. The second-order valence-electron chi connectivity index (χ2n) is 5.38. The Morgan fingerprint density at radius 3 is 3.00 bits per heavy atom. The fourth-order valence-corrected chi connectivity index (χ4v) is 3.90. The molecule has 19 heavy (non-hydrogen) atoms. The number of fused-ring (bicyclic) bond motifs is 1. The molecule has 5 heteroatoms. The van der Waals surface area contributed by atoms with E-state index in [4.69, 9.17) is 0 Å². The highest BCUT2D eigenvalue weighted by atomic mass is 79.9. The van der Waals surface area contributed by atoms with Gasteiger partial charge in [-0.2, -0.15) is 11.8 Å². The van der Waals surface area contributed by atoms with E-state index in [1.807, 2.05) is 30.2 Å². The number of halogens is 1. The largest absolute Gasteiger partial charge is 0.367 e. The van der Waals surface area contributed by atoms with Crippen molar-refractivity contribution in [2.45, 2.75) is 18.6 Å². The predicted octanol–water partition coefficient (Wildman–Crippen LogP) is 3.72. The lowest BCUT2D eigenvalue weighted by Gasteiger charge is -2.39. The topological polar surface area (TPSA) is 29.0 Å². The van der Waals surface area contributed by atoms with Gasteiger partial charge in [0.1, 0.15) is 5.52 Å². The lowest BCUT2D eigenvalue weighted by Crippen LogP contribution is -2.43. The van der Waals surface area contributed by atoms with E-state index in [1.54, 1.807) is 0 Å². The fourth-order valence-electron chi connectivity index (χ4n) is 2.47. The second kappa shape index (κ2) is 4.94. The van der Waals surface area contributed by atoms with Crippen molar-refractivity contribution >= 4 is 44.4 Å². The number of hydrogen-bond acceptors (Lipinski definition) is 4. The van der Waals surface area contributed by atoms with Crippen LogP contribution in [0.1, 0.15) is 13.8 Å². The Morgan fingerprint density at radius 2 is 2.21 bits per heavy atom. The molecule has 1 aliphatic rings. The molecule has 3 rings (SSSR count). The minimum absolute atomic E-state index is 0.295. The summed E-state index contributed by atoms with van der Waals surface area (Å²) in [5.74, 6) is 1.16. The fraction of sp³-hybridized carbons (Fsp3) is 0.429. The highest BCUT2D eigenvalue weighted by molar-refractivity contribution is 9.10. The van der Waals surface area contributed by atoms with E-state index in [0.29, 0.717) is 4.75 Å². The van der Waals surface area contributed by atoms with Crippen LogP contribution in [-0.2, 0) is 0 Å². The lowest BCUT2D eigenvalue weighted by molar-refractivity contribution is 0.648. The zero-order valence-corrected chi connectivity index (χ0v) is 13.5. The first-order valence-electron chi connectivity index (χ1n) is 6.34. The first kappa shape index (κ1) is 13.2. The van der Waals surface area contributed by atoms with E-state index >= 15 is 0 Å². The van der Waals surface area contributed by atoms with Crippen LogP contribution in [0.4, 0.5) is 5.69 Å². The van der Waals surface area contributed by atoms with Gasteiger partial charge in [0.05, 0.1) is 11.2 Å². The first-order valence-corrected chi connectivity index (χ1v) is 8.12. The van der Waals surface area contributed by atoms with Crippen molar-refractivity contribution in [3.05, 3.63) is 29.0 Å². The molecule has 100 valence electrons. The third kappa shape index (κ3) is 2.72. The molecule has 0 N–H and O–H groups in total. The van der Waals surface area contributed by atoms with E-state index in [-0.39, 0.29) is 0 Å². The number of anilines is 1. The Morgan fingerprint density at radius 1 is 1.37 bits per heavy atom. The van der Waals surface area contributed by atoms with Crippen molar-refractivity contribution in [1.82, 2.24) is 9.97 Å². The van der Waals surface area contributed by atoms with E-state index < -0.39 is 0 Å². The zero-order valence-electron chi connectivity index (χ0n) is 11.1. The predicted molar refractivity (Wildman–Crippen MR) is 86.0 cm³/mol. The maximum Gasteiger partial charge on any atom is 0.112 e. The molecule has 0 radical (unpaired) electrons. The molecule has 0 aliphatic carbocycles. The normalized spacial score (nSPS) is 18.8. The number of aromatic nitrogens is 2. The van der Waals surface area contributed by atoms with Crippen molar-refractivity contribution in [2.75, 3.05) is 23.7 Å². The Balaban J connectivity index is 2.05. The smallest absolute Gasteiger partial charge is 0.112 e. The molecule has 0 saturated carbocycles. The summed E-state index contributed by atoms with van der Waals surface area (Å²) in [7, 11) is 0. The summed E-state index contributed by atoms with van der Waals surface area (Å²) in [6, 6.07) is 4.10. The average Bonchev–Trinajstić information content (AvgIpc) is 2.36. The van der Waals surface area contributed by atoms with Crippen molar-refractivity contribution in [3.8, 4) is 0 Å². The summed E-state index contributed by atoms with van der Waals surface area (Å²) in [6.45, 7) is 6.73. The van der Waals surface area contributed by atoms with Crippen molar-refractivity contribution in [2.24, 2.45) is 0 Å². The molecule has 0 unspecified atom stereocenters. The maximum absolute atomic E-state index is 4.55. The van der Waals surface area contributed by atoms with Gasteiger partial charge in [0.2, 0.25) is 0 Å². The number of pyridine rings is 2. The molecular weight excluding hydrogens is 322 g/mol. The van der Waals surface area contributed by atoms with Crippen LogP contribution in [0.25, 0.3) is 11.0 Å². The Hall–Kier alpha value is -0.810. The van der Waals surface area contributed by atoms with Gasteiger partial charge in [-0.3, -0.25) is 9.97 Å².